The van der Waals surface area contributed by atoms with Crippen molar-refractivity contribution in [2.75, 3.05) is 43.4 Å². The van der Waals surface area contributed by atoms with Crippen molar-refractivity contribution < 1.29 is 9.59 Å². The third kappa shape index (κ3) is 5.20. The number of H-pyrrole nitrogens is 1. The molecule has 9 nitrogen and oxygen atoms in total. The maximum atomic E-state index is 13.3. The van der Waals surface area contributed by atoms with Gasteiger partial charge in [0.05, 0.1) is 5.69 Å². The van der Waals surface area contributed by atoms with E-state index in [1.54, 1.807) is 11.1 Å². The average molecular weight is 522 g/mol. The number of nitrogens with zero attached hydrogens (tertiary/aromatic N) is 5. The molecule has 2 aliphatic rings. The zero-order valence-corrected chi connectivity index (χ0v) is 22.8. The van der Waals surface area contributed by atoms with Gasteiger partial charge in [0.1, 0.15) is 4.88 Å². The van der Waals surface area contributed by atoms with Gasteiger partial charge in [0.15, 0.2) is 5.13 Å². The molecule has 1 aromatic carbocycles. The molecule has 0 radical (unpaired) electrons. The first-order chi connectivity index (χ1) is 17.7. The summed E-state index contributed by atoms with van der Waals surface area (Å²) in [6.45, 7) is 9.02. The van der Waals surface area contributed by atoms with E-state index in [2.05, 4.69) is 40.3 Å². The highest BCUT2D eigenvalue weighted by molar-refractivity contribution is 7.17. The number of hydrogen-bond acceptors (Lipinski definition) is 6. The van der Waals surface area contributed by atoms with Crippen LogP contribution in [0.25, 0.3) is 0 Å². The molecular weight excluding hydrogens is 486 g/mol. The number of hydrogen-bond donors (Lipinski definition) is 2. The molecule has 0 unspecified atom stereocenters. The van der Waals surface area contributed by atoms with Gasteiger partial charge >= 0.3 is 6.03 Å². The number of likely N-dealkylation sites (N-methyl/N-ethyl adjacent to an activating group) is 1. The summed E-state index contributed by atoms with van der Waals surface area (Å²) < 4.78 is 0. The smallest absolute Gasteiger partial charge is 0.322 e. The van der Waals surface area contributed by atoms with E-state index in [-0.39, 0.29) is 23.4 Å². The van der Waals surface area contributed by atoms with Gasteiger partial charge < -0.3 is 20.0 Å². The van der Waals surface area contributed by atoms with Gasteiger partial charge in [-0.1, -0.05) is 43.4 Å². The number of aromatic amines is 1. The summed E-state index contributed by atoms with van der Waals surface area (Å²) in [6.07, 6.45) is 4.35. The van der Waals surface area contributed by atoms with Gasteiger partial charge in [-0.15, -0.1) is 0 Å². The van der Waals surface area contributed by atoms with E-state index in [4.69, 9.17) is 4.98 Å². The molecule has 0 saturated carbocycles. The van der Waals surface area contributed by atoms with Crippen LogP contribution in [0.15, 0.2) is 36.5 Å². The predicted molar refractivity (Wildman–Crippen MR) is 147 cm³/mol. The van der Waals surface area contributed by atoms with E-state index >= 15 is 0 Å². The van der Waals surface area contributed by atoms with Gasteiger partial charge in [0, 0.05) is 62.3 Å². The second kappa shape index (κ2) is 10.2. The molecule has 4 heterocycles. The molecule has 5 rings (SSSR count). The number of carbonyl (C=O) groups excluding carboxylic acids is 2. The second-order valence-corrected chi connectivity index (χ2v) is 11.7. The lowest BCUT2D eigenvalue weighted by molar-refractivity contribution is 0.0770. The summed E-state index contributed by atoms with van der Waals surface area (Å²) in [6, 6.07) is 10.2. The lowest BCUT2D eigenvalue weighted by atomic mass is 9.89. The van der Waals surface area contributed by atoms with Gasteiger partial charge in [0.25, 0.3) is 5.91 Å². The van der Waals surface area contributed by atoms with Crippen molar-refractivity contribution >= 4 is 34.1 Å². The normalized spacial score (nSPS) is 16.8. The summed E-state index contributed by atoms with van der Waals surface area (Å²) in [4.78, 5) is 37.7. The lowest BCUT2D eigenvalue weighted by Crippen LogP contribution is -2.48. The summed E-state index contributed by atoms with van der Waals surface area (Å²) in [7, 11) is 1.84. The molecule has 0 spiro atoms. The number of benzene rings is 1. The highest BCUT2D eigenvalue weighted by atomic mass is 32.1. The Bertz CT molecular complexity index is 1260. The van der Waals surface area contributed by atoms with E-state index in [0.717, 1.165) is 61.1 Å². The molecule has 0 atom stereocenters. The number of aromatic nitrogens is 3. The Kier molecular flexibility index (Phi) is 6.94. The highest BCUT2D eigenvalue weighted by Gasteiger charge is 2.32. The van der Waals surface area contributed by atoms with Gasteiger partial charge in [-0.25, -0.2) is 9.78 Å². The summed E-state index contributed by atoms with van der Waals surface area (Å²) in [5, 5.41) is 11.0. The Hall–Kier alpha value is -3.40. The van der Waals surface area contributed by atoms with Crippen LogP contribution in [0.1, 0.15) is 53.3 Å². The Morgan fingerprint density at radius 1 is 1.19 bits per heavy atom. The fourth-order valence-electron chi connectivity index (χ4n) is 5.38. The van der Waals surface area contributed by atoms with Crippen molar-refractivity contribution in [2.24, 2.45) is 0 Å². The first kappa shape index (κ1) is 25.3. The number of rotatable bonds is 6. The largest absolute Gasteiger partial charge is 0.348 e. The van der Waals surface area contributed by atoms with E-state index in [0.29, 0.717) is 11.4 Å². The molecule has 1 saturated heterocycles. The summed E-state index contributed by atoms with van der Waals surface area (Å²) >= 11 is 1.47. The zero-order valence-electron chi connectivity index (χ0n) is 22.0. The first-order valence-electron chi connectivity index (χ1n) is 12.9. The van der Waals surface area contributed by atoms with Crippen LogP contribution >= 0.6 is 11.3 Å². The number of anilines is 2. The summed E-state index contributed by atoms with van der Waals surface area (Å²) in [5.41, 5.74) is 3.62. The number of nitrogens with one attached hydrogen (secondary N) is 2. The third-order valence-corrected chi connectivity index (χ3v) is 8.71. The second-order valence-electron chi connectivity index (χ2n) is 10.7. The number of aryl methyl sites for hydroxylation is 1. The number of thiazole rings is 1. The van der Waals surface area contributed by atoms with Gasteiger partial charge in [-0.2, -0.15) is 5.10 Å². The zero-order chi connectivity index (χ0) is 26.2. The van der Waals surface area contributed by atoms with Crippen LogP contribution in [-0.2, 0) is 11.8 Å². The van der Waals surface area contributed by atoms with Crippen molar-refractivity contribution in [3.63, 3.8) is 0 Å². The van der Waals surface area contributed by atoms with E-state index in [1.807, 2.05) is 43.1 Å². The topological polar surface area (TPSA) is 97.5 Å². The van der Waals surface area contributed by atoms with Crippen molar-refractivity contribution in [2.45, 2.75) is 51.5 Å². The van der Waals surface area contributed by atoms with Crippen molar-refractivity contribution in [3.8, 4) is 0 Å². The molecule has 10 heteroatoms. The van der Waals surface area contributed by atoms with Crippen LogP contribution < -0.4 is 10.2 Å². The highest BCUT2D eigenvalue weighted by Crippen LogP contribution is 2.32. The Labute approximate surface area is 221 Å². The minimum absolute atomic E-state index is 0.00969. The maximum absolute atomic E-state index is 13.3. The number of carbonyl (C=O) groups is 2. The Balaban J connectivity index is 1.20. The quantitative estimate of drug-likeness (QED) is 0.505. The monoisotopic (exact) mass is 521 g/mol. The molecule has 0 bridgehead atoms. The maximum Gasteiger partial charge on any atom is 0.322 e. The van der Waals surface area contributed by atoms with Gasteiger partial charge in [-0.05, 0) is 43.9 Å². The van der Waals surface area contributed by atoms with Gasteiger partial charge in [-0.3, -0.25) is 9.89 Å². The van der Waals surface area contributed by atoms with E-state index < -0.39 is 0 Å². The van der Waals surface area contributed by atoms with Crippen molar-refractivity contribution in [1.82, 2.24) is 25.0 Å². The molecule has 37 heavy (non-hydrogen) atoms. The van der Waals surface area contributed by atoms with Crippen molar-refractivity contribution in [3.05, 3.63) is 58.4 Å². The number of amides is 3. The van der Waals surface area contributed by atoms with Crippen LogP contribution in [0.4, 0.5) is 15.6 Å². The number of piperidine rings is 1. The lowest BCUT2D eigenvalue weighted by Gasteiger charge is -2.37. The third-order valence-electron chi connectivity index (χ3n) is 7.51. The number of fused-ring (bicyclic) bond motifs is 1. The molecule has 196 valence electrons. The predicted octanol–water partition coefficient (Wildman–Crippen LogP) is 4.28. The van der Waals surface area contributed by atoms with E-state index in [1.165, 1.54) is 16.9 Å². The van der Waals surface area contributed by atoms with Crippen LogP contribution in [0.2, 0.25) is 0 Å². The molecule has 1 fully saturated rings. The average Bonchev–Trinajstić information content (AvgIpc) is 3.52. The first-order valence-corrected chi connectivity index (χ1v) is 13.7. The molecule has 2 aromatic heterocycles. The van der Waals surface area contributed by atoms with Gasteiger partial charge in [0.2, 0.25) is 0 Å². The SMILES string of the molecule is Cc1nc(N2CCC(N3CCc4ccccc4NC3=O)CC2)sc1C(=O)N(C)CC(C)(C)c1ccn[nH]1. The summed E-state index contributed by atoms with van der Waals surface area (Å²) in [5.74, 6) is -0.00969. The van der Waals surface area contributed by atoms with Crippen molar-refractivity contribution in [1.29, 1.82) is 0 Å². The van der Waals surface area contributed by atoms with Crippen LogP contribution in [-0.4, -0.2) is 76.2 Å². The molecule has 2 N–H and O–H groups in total. The van der Waals surface area contributed by atoms with Crippen LogP contribution in [0.3, 0.4) is 0 Å². The fraction of sp³-hybridized carbons (Fsp3) is 0.481. The number of para-hydroxylation sites is 1. The van der Waals surface area contributed by atoms with E-state index in [9.17, 15) is 9.59 Å². The molecule has 3 amide bonds. The molecular formula is C27H35N7O2S. The minimum Gasteiger partial charge on any atom is -0.348 e. The Morgan fingerprint density at radius 3 is 2.68 bits per heavy atom. The van der Waals surface area contributed by atoms with Crippen LogP contribution in [0, 0.1) is 6.92 Å². The molecule has 0 aliphatic carbocycles. The standard InChI is InChI=1S/C27H35N7O2S/c1-18-23(24(35)32(4)17-27(2,3)22-9-13-28-31-22)37-26(29-18)33-14-11-20(12-15-33)34-16-10-19-7-5-6-8-21(19)30-25(34)36/h5-9,13,20H,10-12,14-17H2,1-4H3,(H,28,31)(H,30,36). The minimum atomic E-state index is -0.245. The fourth-order valence-corrected chi connectivity index (χ4v) is 6.49. The van der Waals surface area contributed by atoms with Crippen LogP contribution in [0.5, 0.6) is 0 Å². The molecule has 3 aromatic rings. The number of urea groups is 1. The Morgan fingerprint density at radius 2 is 1.95 bits per heavy atom. The molecule has 2 aliphatic heterocycles.